The van der Waals surface area contributed by atoms with Gasteiger partial charge in [-0.25, -0.2) is 0 Å². The van der Waals surface area contributed by atoms with Gasteiger partial charge in [-0.2, -0.15) is 0 Å². The molecular weight excluding hydrogens is 206 g/mol. The van der Waals surface area contributed by atoms with Gasteiger partial charge in [-0.05, 0) is 25.5 Å². The average Bonchev–Trinajstić information content (AvgIpc) is 2.40. The van der Waals surface area contributed by atoms with Gasteiger partial charge >= 0.3 is 0 Å². The summed E-state index contributed by atoms with van der Waals surface area (Å²) in [4.78, 5) is 2.39. The van der Waals surface area contributed by atoms with E-state index in [4.69, 9.17) is 0 Å². The van der Waals surface area contributed by atoms with E-state index in [9.17, 15) is 0 Å². The summed E-state index contributed by atoms with van der Waals surface area (Å²) >= 11 is 0. The van der Waals surface area contributed by atoms with Crippen molar-refractivity contribution in [2.24, 2.45) is 0 Å². The van der Waals surface area contributed by atoms with E-state index in [-0.39, 0.29) is 0 Å². The molecule has 0 saturated heterocycles. The van der Waals surface area contributed by atoms with Crippen LogP contribution in [0.15, 0.2) is 30.3 Å². The summed E-state index contributed by atoms with van der Waals surface area (Å²) in [6.45, 7) is 14.9. The molecule has 0 saturated carbocycles. The molecule has 0 unspecified atom stereocenters. The van der Waals surface area contributed by atoms with Gasteiger partial charge in [-0.3, -0.25) is 0 Å². The Balaban J connectivity index is 0. The molecule has 1 aromatic carbocycles. The molecule has 0 amide bonds. The van der Waals surface area contributed by atoms with E-state index in [0.717, 1.165) is 13.1 Å². The molecule has 1 nitrogen and oxygen atoms in total. The first-order valence-electron chi connectivity index (χ1n) is 7.10. The molecular formula is C16H31N. The van der Waals surface area contributed by atoms with Crippen molar-refractivity contribution in [3.63, 3.8) is 0 Å². The maximum Gasteiger partial charge on any atom is 0.0366 e. The molecule has 17 heavy (non-hydrogen) atoms. The molecule has 0 N–H and O–H groups in total. The molecule has 0 fully saturated rings. The molecule has 0 aliphatic carbocycles. The molecule has 1 rings (SSSR count). The highest BCUT2D eigenvalue weighted by atomic mass is 15.1. The Bertz CT molecular complexity index is 218. The highest BCUT2D eigenvalue weighted by molar-refractivity contribution is 5.45. The summed E-state index contributed by atoms with van der Waals surface area (Å²) in [5, 5.41) is 0. The Hall–Kier alpha value is -0.980. The summed E-state index contributed by atoms with van der Waals surface area (Å²) in [6.07, 6.45) is 2.46. The van der Waals surface area contributed by atoms with E-state index in [1.165, 1.54) is 18.5 Å². The first-order chi connectivity index (χ1) is 8.29. The highest BCUT2D eigenvalue weighted by Crippen LogP contribution is 2.12. The largest absolute Gasteiger partial charge is 0.372 e. The van der Waals surface area contributed by atoms with Crippen molar-refractivity contribution < 1.29 is 0 Å². The van der Waals surface area contributed by atoms with Crippen LogP contribution >= 0.6 is 0 Å². The predicted molar refractivity (Wildman–Crippen MR) is 81.9 cm³/mol. The minimum atomic E-state index is 1.10. The summed E-state index contributed by atoms with van der Waals surface area (Å²) in [5.41, 5.74) is 1.34. The first-order valence-corrected chi connectivity index (χ1v) is 7.10. The standard InChI is InChI=1S/C11H17N.C3H8.C2H6/c1-3-10-12(4-2)11-8-6-5-7-9-11;1-3-2;1-2/h5-9H,3-4,10H2,1-2H3;3H2,1-2H3;1-2H3. The van der Waals surface area contributed by atoms with Crippen molar-refractivity contribution in [2.45, 2.75) is 54.4 Å². The van der Waals surface area contributed by atoms with Crippen molar-refractivity contribution in [1.82, 2.24) is 0 Å². The lowest BCUT2D eigenvalue weighted by molar-refractivity contribution is 0.792. The zero-order valence-electron chi connectivity index (χ0n) is 12.7. The van der Waals surface area contributed by atoms with Crippen LogP contribution in [0.5, 0.6) is 0 Å². The minimum Gasteiger partial charge on any atom is -0.372 e. The Kier molecular flexibility index (Phi) is 16.2. The third kappa shape index (κ3) is 9.92. The van der Waals surface area contributed by atoms with Crippen LogP contribution in [0.4, 0.5) is 5.69 Å². The topological polar surface area (TPSA) is 3.24 Å². The lowest BCUT2D eigenvalue weighted by atomic mass is 10.3. The van der Waals surface area contributed by atoms with Crippen LogP contribution in [0, 0.1) is 0 Å². The summed E-state index contributed by atoms with van der Waals surface area (Å²) < 4.78 is 0. The van der Waals surface area contributed by atoms with Gasteiger partial charge in [0.05, 0.1) is 0 Å². The van der Waals surface area contributed by atoms with E-state index in [1.54, 1.807) is 0 Å². The van der Waals surface area contributed by atoms with Crippen molar-refractivity contribution in [2.75, 3.05) is 18.0 Å². The monoisotopic (exact) mass is 237 g/mol. The van der Waals surface area contributed by atoms with E-state index in [1.807, 2.05) is 13.8 Å². The number of benzene rings is 1. The number of anilines is 1. The normalized spacial score (nSPS) is 8.35. The smallest absolute Gasteiger partial charge is 0.0366 e. The zero-order valence-corrected chi connectivity index (χ0v) is 12.7. The van der Waals surface area contributed by atoms with Gasteiger partial charge in [0.25, 0.3) is 0 Å². The lowest BCUT2D eigenvalue weighted by Crippen LogP contribution is -2.23. The van der Waals surface area contributed by atoms with Crippen molar-refractivity contribution in [3.8, 4) is 0 Å². The van der Waals surface area contributed by atoms with Crippen LogP contribution in [0.2, 0.25) is 0 Å². The van der Waals surface area contributed by atoms with Crippen LogP contribution in [0.25, 0.3) is 0 Å². The molecule has 0 heterocycles. The maximum atomic E-state index is 2.39. The second kappa shape index (κ2) is 15.0. The fraction of sp³-hybridized carbons (Fsp3) is 0.625. The Labute approximate surface area is 109 Å². The Morgan fingerprint density at radius 2 is 1.35 bits per heavy atom. The molecule has 0 aromatic heterocycles. The molecule has 0 atom stereocenters. The number of para-hydroxylation sites is 1. The van der Waals surface area contributed by atoms with Gasteiger partial charge < -0.3 is 4.90 Å². The van der Waals surface area contributed by atoms with Crippen molar-refractivity contribution in [1.29, 1.82) is 0 Å². The molecule has 0 aliphatic heterocycles. The Morgan fingerprint density at radius 1 is 0.882 bits per heavy atom. The van der Waals surface area contributed by atoms with Crippen LogP contribution in [-0.4, -0.2) is 13.1 Å². The van der Waals surface area contributed by atoms with Gasteiger partial charge in [0, 0.05) is 18.8 Å². The SMILES string of the molecule is CC.CCC.CCCN(CC)c1ccccc1. The van der Waals surface area contributed by atoms with Crippen LogP contribution in [-0.2, 0) is 0 Å². The third-order valence-electron chi connectivity index (χ3n) is 2.00. The summed E-state index contributed by atoms with van der Waals surface area (Å²) in [7, 11) is 0. The van der Waals surface area contributed by atoms with E-state index < -0.39 is 0 Å². The second-order valence-corrected chi connectivity index (χ2v) is 3.62. The van der Waals surface area contributed by atoms with E-state index >= 15 is 0 Å². The molecule has 0 bridgehead atoms. The van der Waals surface area contributed by atoms with Crippen molar-refractivity contribution >= 4 is 5.69 Å². The van der Waals surface area contributed by atoms with Crippen molar-refractivity contribution in [3.05, 3.63) is 30.3 Å². The minimum absolute atomic E-state index is 1.10. The maximum absolute atomic E-state index is 2.39. The van der Waals surface area contributed by atoms with Gasteiger partial charge in [-0.1, -0.05) is 59.2 Å². The van der Waals surface area contributed by atoms with Crippen LogP contribution < -0.4 is 4.90 Å². The van der Waals surface area contributed by atoms with E-state index in [0.29, 0.717) is 0 Å². The highest BCUT2D eigenvalue weighted by Gasteiger charge is 1.99. The first kappa shape index (κ1) is 18.4. The van der Waals surface area contributed by atoms with Crippen LogP contribution in [0.3, 0.4) is 0 Å². The number of hydrogen-bond acceptors (Lipinski definition) is 1. The Morgan fingerprint density at radius 3 is 1.71 bits per heavy atom. The van der Waals surface area contributed by atoms with Gasteiger partial charge in [0.2, 0.25) is 0 Å². The predicted octanol–water partition coefficient (Wildman–Crippen LogP) is 5.37. The van der Waals surface area contributed by atoms with E-state index in [2.05, 4.69) is 62.9 Å². The molecule has 0 spiro atoms. The molecule has 0 aliphatic rings. The molecule has 1 heteroatoms. The molecule has 100 valence electrons. The van der Waals surface area contributed by atoms with Crippen LogP contribution in [0.1, 0.15) is 54.4 Å². The summed E-state index contributed by atoms with van der Waals surface area (Å²) in [5.74, 6) is 0. The fourth-order valence-electron chi connectivity index (χ4n) is 1.38. The summed E-state index contributed by atoms with van der Waals surface area (Å²) in [6, 6.07) is 10.6. The number of nitrogens with zero attached hydrogens (tertiary/aromatic N) is 1. The van der Waals surface area contributed by atoms with Gasteiger partial charge in [0.15, 0.2) is 0 Å². The fourth-order valence-corrected chi connectivity index (χ4v) is 1.38. The average molecular weight is 237 g/mol. The molecule has 1 aromatic rings. The molecule has 0 radical (unpaired) electrons. The third-order valence-corrected chi connectivity index (χ3v) is 2.00. The number of rotatable bonds is 4. The zero-order chi connectivity index (χ0) is 13.5. The number of hydrogen-bond donors (Lipinski definition) is 0. The van der Waals surface area contributed by atoms with Gasteiger partial charge in [-0.15, -0.1) is 0 Å². The quantitative estimate of drug-likeness (QED) is 0.681. The van der Waals surface area contributed by atoms with Gasteiger partial charge in [0.1, 0.15) is 0 Å². The lowest BCUT2D eigenvalue weighted by Gasteiger charge is -2.21. The second-order valence-electron chi connectivity index (χ2n) is 3.62.